The van der Waals surface area contributed by atoms with Crippen LogP contribution in [0.4, 0.5) is 11.4 Å². The lowest BCUT2D eigenvalue weighted by molar-refractivity contribution is 0.601. The summed E-state index contributed by atoms with van der Waals surface area (Å²) in [5, 5.41) is 0. The molecule has 8 heteroatoms. The molecule has 20 heavy (non-hydrogen) atoms. The minimum Gasteiger partial charge on any atom is -0.341 e. The number of hydrogen-bond donors (Lipinski definition) is 2. The number of hydrogen-bond acceptors (Lipinski definition) is 4. The molecule has 0 aromatic heterocycles. The molecule has 2 N–H and O–H groups in total. The van der Waals surface area contributed by atoms with E-state index in [1.165, 1.54) is 0 Å². The summed E-state index contributed by atoms with van der Waals surface area (Å²) in [4.78, 5) is 2.01. The van der Waals surface area contributed by atoms with E-state index in [9.17, 15) is 8.42 Å². The molecule has 0 bridgehead atoms. The Morgan fingerprint density at radius 1 is 0.850 bits per heavy atom. The third-order valence-corrected chi connectivity index (χ3v) is 3.94. The Morgan fingerprint density at radius 2 is 1.45 bits per heavy atom. The summed E-state index contributed by atoms with van der Waals surface area (Å²) in [5.41, 5.74) is 4.42. The van der Waals surface area contributed by atoms with Crippen molar-refractivity contribution in [3.8, 4) is 0 Å². The second-order valence-corrected chi connectivity index (χ2v) is 6.18. The highest BCUT2D eigenvalue weighted by Gasteiger charge is 2.13. The molecule has 2 aromatic rings. The van der Waals surface area contributed by atoms with Gasteiger partial charge in [-0.05, 0) is 36.4 Å². The standard InChI is InChI=1S/C12H15B2N3O2S/c13-17(14)15-10-6-8-12(9-7-10)20(18,19)16-11-4-2-1-3-5-11/h1-9,15-16H,13-14H2. The maximum atomic E-state index is 12.2. The average Bonchev–Trinajstić information content (AvgIpc) is 2.39. The van der Waals surface area contributed by atoms with Gasteiger partial charge in [-0.15, -0.1) is 0 Å². The fraction of sp³-hybridized carbons (Fsp3) is 0. The van der Waals surface area contributed by atoms with Crippen molar-refractivity contribution in [1.29, 1.82) is 0 Å². The molecule has 0 unspecified atom stereocenters. The fourth-order valence-electron chi connectivity index (χ4n) is 1.69. The van der Waals surface area contributed by atoms with Crippen LogP contribution in [0.15, 0.2) is 59.5 Å². The zero-order chi connectivity index (χ0) is 14.6. The van der Waals surface area contributed by atoms with Crippen LogP contribution >= 0.6 is 0 Å². The summed E-state index contributed by atoms with van der Waals surface area (Å²) in [6.07, 6.45) is 0. The van der Waals surface area contributed by atoms with Gasteiger partial charge in [-0.25, -0.2) is 8.42 Å². The van der Waals surface area contributed by atoms with Crippen molar-refractivity contribution < 1.29 is 8.42 Å². The number of nitrogens with zero attached hydrogens (tertiary/aromatic N) is 1. The van der Waals surface area contributed by atoms with E-state index in [4.69, 9.17) is 0 Å². The van der Waals surface area contributed by atoms with E-state index in [1.807, 2.05) is 22.0 Å². The molecule has 0 radical (unpaired) electrons. The van der Waals surface area contributed by atoms with Crippen LogP contribution in [0.5, 0.6) is 0 Å². The average molecular weight is 287 g/mol. The zero-order valence-electron chi connectivity index (χ0n) is 11.4. The minimum atomic E-state index is -3.55. The van der Waals surface area contributed by atoms with E-state index in [0.717, 1.165) is 5.69 Å². The van der Waals surface area contributed by atoms with Crippen LogP contribution in [0.2, 0.25) is 0 Å². The molecule has 0 aliphatic heterocycles. The monoisotopic (exact) mass is 287 g/mol. The Bertz CT molecular complexity index is 661. The van der Waals surface area contributed by atoms with Gasteiger partial charge in [-0.2, -0.15) is 0 Å². The van der Waals surface area contributed by atoms with Crippen molar-refractivity contribution in [3.05, 3.63) is 54.6 Å². The van der Waals surface area contributed by atoms with Gasteiger partial charge in [-0.1, -0.05) is 18.2 Å². The van der Waals surface area contributed by atoms with E-state index < -0.39 is 10.0 Å². The number of benzene rings is 2. The molecule has 0 heterocycles. The summed E-state index contributed by atoms with van der Waals surface area (Å²) < 4.78 is 26.9. The number of nitrogens with one attached hydrogen (secondary N) is 2. The summed E-state index contributed by atoms with van der Waals surface area (Å²) in [5.74, 6) is 0. The van der Waals surface area contributed by atoms with Crippen molar-refractivity contribution in [2.45, 2.75) is 4.90 Å². The topological polar surface area (TPSA) is 61.4 Å². The van der Waals surface area contributed by atoms with Gasteiger partial charge in [0.15, 0.2) is 16.0 Å². The van der Waals surface area contributed by atoms with E-state index in [1.54, 1.807) is 53.4 Å². The predicted octanol–water partition coefficient (Wildman–Crippen LogP) is 0.212. The first-order valence-electron chi connectivity index (χ1n) is 6.09. The van der Waals surface area contributed by atoms with E-state index in [-0.39, 0.29) is 4.90 Å². The Kier molecular flexibility index (Phi) is 4.36. The number of para-hydroxylation sites is 1. The molecule has 2 rings (SSSR count). The molecule has 0 saturated carbocycles. The van der Waals surface area contributed by atoms with Crippen LogP contribution < -0.4 is 10.1 Å². The summed E-state index contributed by atoms with van der Waals surface area (Å²) in [7, 11) is 0.175. The molecule has 0 atom stereocenters. The molecular formula is C12H15B2N3O2S. The van der Waals surface area contributed by atoms with Crippen LogP contribution in [-0.4, -0.2) is 29.2 Å². The van der Waals surface area contributed by atoms with Crippen LogP contribution in [-0.2, 0) is 10.0 Å². The second kappa shape index (κ2) is 6.02. The molecule has 5 nitrogen and oxygen atoms in total. The van der Waals surface area contributed by atoms with Crippen LogP contribution in [0.25, 0.3) is 0 Å². The van der Waals surface area contributed by atoms with Crippen molar-refractivity contribution in [2.24, 2.45) is 0 Å². The Balaban J connectivity index is 2.17. The lowest BCUT2D eigenvalue weighted by atomic mass is 10.2. The molecule has 0 amide bonds. The fourth-order valence-corrected chi connectivity index (χ4v) is 2.75. The first-order chi connectivity index (χ1) is 9.47. The molecule has 0 saturated heterocycles. The van der Waals surface area contributed by atoms with E-state index >= 15 is 0 Å². The van der Waals surface area contributed by atoms with Gasteiger partial charge in [0, 0.05) is 11.4 Å². The second-order valence-electron chi connectivity index (χ2n) is 4.50. The Morgan fingerprint density at radius 3 is 2.00 bits per heavy atom. The zero-order valence-corrected chi connectivity index (χ0v) is 12.2. The third kappa shape index (κ3) is 3.79. The maximum Gasteiger partial charge on any atom is 0.261 e. The quantitative estimate of drug-likeness (QED) is 0.610. The first-order valence-corrected chi connectivity index (χ1v) is 7.57. The Labute approximate surface area is 120 Å². The van der Waals surface area contributed by atoms with Crippen molar-refractivity contribution in [2.75, 3.05) is 10.1 Å². The summed E-state index contributed by atoms with van der Waals surface area (Å²) >= 11 is 0. The first kappa shape index (κ1) is 14.5. The van der Waals surface area contributed by atoms with Gasteiger partial charge in [-0.3, -0.25) is 4.72 Å². The lowest BCUT2D eigenvalue weighted by Gasteiger charge is -2.14. The minimum absolute atomic E-state index is 0.227. The molecule has 102 valence electrons. The third-order valence-electron chi connectivity index (χ3n) is 2.54. The van der Waals surface area contributed by atoms with Crippen molar-refractivity contribution >= 4 is 37.4 Å². The number of hydrazine groups is 1. The lowest BCUT2D eigenvalue weighted by Crippen LogP contribution is -2.23. The van der Waals surface area contributed by atoms with Crippen molar-refractivity contribution in [3.63, 3.8) is 0 Å². The van der Waals surface area contributed by atoms with Crippen molar-refractivity contribution in [1.82, 2.24) is 4.83 Å². The van der Waals surface area contributed by atoms with Crippen LogP contribution in [0.3, 0.4) is 0 Å². The van der Waals surface area contributed by atoms with E-state index in [0.29, 0.717) is 5.69 Å². The number of sulfonamides is 1. The molecule has 0 spiro atoms. The molecule has 0 aliphatic rings. The SMILES string of the molecule is BN(B)Nc1ccc(S(=O)(=O)Nc2ccccc2)cc1. The molecule has 0 fully saturated rings. The molecule has 0 aliphatic carbocycles. The predicted molar refractivity (Wildman–Crippen MR) is 86.2 cm³/mol. The highest BCUT2D eigenvalue weighted by molar-refractivity contribution is 7.92. The summed E-state index contributed by atoms with van der Waals surface area (Å²) in [6, 6.07) is 15.4. The van der Waals surface area contributed by atoms with Gasteiger partial charge < -0.3 is 10.3 Å². The van der Waals surface area contributed by atoms with Crippen LogP contribution in [0, 0.1) is 0 Å². The largest absolute Gasteiger partial charge is 0.341 e. The molecular weight excluding hydrogens is 272 g/mol. The Hall–Kier alpha value is -1.92. The van der Waals surface area contributed by atoms with Gasteiger partial charge in [0.1, 0.15) is 0 Å². The number of anilines is 2. The smallest absolute Gasteiger partial charge is 0.261 e. The number of rotatable bonds is 5. The van der Waals surface area contributed by atoms with Gasteiger partial charge in [0.2, 0.25) is 0 Å². The summed E-state index contributed by atoms with van der Waals surface area (Å²) in [6.45, 7) is 0. The van der Waals surface area contributed by atoms with Gasteiger partial charge in [0.25, 0.3) is 10.0 Å². The maximum absolute atomic E-state index is 12.2. The normalized spacial score (nSPS) is 11.2. The van der Waals surface area contributed by atoms with Gasteiger partial charge >= 0.3 is 0 Å². The van der Waals surface area contributed by atoms with E-state index in [2.05, 4.69) is 10.1 Å². The van der Waals surface area contributed by atoms with Crippen LogP contribution in [0.1, 0.15) is 0 Å². The highest BCUT2D eigenvalue weighted by atomic mass is 32.2. The van der Waals surface area contributed by atoms with Gasteiger partial charge in [0.05, 0.1) is 4.90 Å². The molecule has 2 aromatic carbocycles. The highest BCUT2D eigenvalue weighted by Crippen LogP contribution is 2.17.